The third-order valence-corrected chi connectivity index (χ3v) is 6.26. The zero-order valence-electron chi connectivity index (χ0n) is 24.4. The molecule has 0 atom stereocenters. The first kappa shape index (κ1) is 33.8. The van der Waals surface area contributed by atoms with Crippen LogP contribution in [0.4, 0.5) is 36.4 Å². The monoisotopic (exact) mass is 658 g/mol. The lowest BCUT2D eigenvalue weighted by Crippen LogP contribution is -2.29. The van der Waals surface area contributed by atoms with E-state index in [0.717, 1.165) is 56.6 Å². The van der Waals surface area contributed by atoms with Crippen molar-refractivity contribution >= 4 is 11.6 Å². The minimum absolute atomic E-state index is 0.242. The summed E-state index contributed by atoms with van der Waals surface area (Å²) in [7, 11) is 2.12. The standard InChI is InChI=1S/C29H25F7N4O6/c1-28(2,43)13-45-20-10-9-17(29(34,35)36)24(37-20)40-26(42)22(38-25(41)14-5-7-15(8-6-14)46-27(32)33)23(39(40)3)21-18(30)11-16(44-4)12-19(21)31/h5-12,27,43H,13H2,1-4H3,(H,38,41). The third kappa shape index (κ3) is 7.25. The van der Waals surface area contributed by atoms with Gasteiger partial charge >= 0.3 is 12.8 Å². The van der Waals surface area contributed by atoms with Gasteiger partial charge in [0, 0.05) is 30.8 Å². The van der Waals surface area contributed by atoms with Crippen LogP contribution in [0, 0.1) is 11.6 Å². The topological polar surface area (TPSA) is 117 Å². The molecule has 2 aromatic heterocycles. The molecule has 4 rings (SSSR count). The Hall–Kier alpha value is -5.06. The van der Waals surface area contributed by atoms with Crippen LogP contribution in [0.25, 0.3) is 17.1 Å². The van der Waals surface area contributed by atoms with Gasteiger partial charge in [0.15, 0.2) is 5.82 Å². The number of methoxy groups -OCH3 is 1. The molecule has 0 saturated heterocycles. The Balaban J connectivity index is 1.96. The molecule has 0 aliphatic heterocycles. The molecule has 0 fully saturated rings. The average molecular weight is 659 g/mol. The van der Waals surface area contributed by atoms with E-state index in [4.69, 9.17) is 9.47 Å². The van der Waals surface area contributed by atoms with Crippen LogP contribution < -0.4 is 25.1 Å². The lowest BCUT2D eigenvalue weighted by molar-refractivity contribution is -0.137. The first-order valence-electron chi connectivity index (χ1n) is 13.1. The van der Waals surface area contributed by atoms with Crippen LogP contribution in [0.3, 0.4) is 0 Å². The highest BCUT2D eigenvalue weighted by Gasteiger charge is 2.38. The molecule has 0 radical (unpaired) electrons. The van der Waals surface area contributed by atoms with Gasteiger partial charge in [0.2, 0.25) is 5.88 Å². The van der Waals surface area contributed by atoms with E-state index < -0.39 is 82.3 Å². The summed E-state index contributed by atoms with van der Waals surface area (Å²) in [5.41, 5.74) is -7.00. The summed E-state index contributed by atoms with van der Waals surface area (Å²) in [6.45, 7) is -0.854. The number of nitrogens with one attached hydrogen (secondary N) is 1. The molecule has 2 heterocycles. The van der Waals surface area contributed by atoms with E-state index in [1.807, 2.05) is 0 Å². The lowest BCUT2D eigenvalue weighted by atomic mass is 10.1. The number of anilines is 1. The van der Waals surface area contributed by atoms with E-state index in [2.05, 4.69) is 15.0 Å². The molecule has 46 heavy (non-hydrogen) atoms. The van der Waals surface area contributed by atoms with Crippen molar-refractivity contribution in [2.75, 3.05) is 19.0 Å². The van der Waals surface area contributed by atoms with E-state index in [9.17, 15) is 36.6 Å². The Kier molecular flexibility index (Phi) is 9.37. The van der Waals surface area contributed by atoms with Crippen molar-refractivity contribution in [2.45, 2.75) is 32.2 Å². The fourth-order valence-corrected chi connectivity index (χ4v) is 4.26. The number of halogens is 7. The second-order valence-electron chi connectivity index (χ2n) is 10.3. The largest absolute Gasteiger partial charge is 0.497 e. The van der Waals surface area contributed by atoms with Crippen molar-refractivity contribution in [3.8, 4) is 34.5 Å². The molecule has 0 aliphatic rings. The maximum absolute atomic E-state index is 15.4. The number of alkyl halides is 5. The van der Waals surface area contributed by atoms with Gasteiger partial charge in [-0.2, -0.15) is 31.6 Å². The quantitative estimate of drug-likeness (QED) is 0.215. The van der Waals surface area contributed by atoms with Gasteiger partial charge in [0.25, 0.3) is 11.5 Å². The number of rotatable bonds is 10. The fraction of sp³-hybridized carbons (Fsp3) is 0.276. The summed E-state index contributed by atoms with van der Waals surface area (Å²) in [6.07, 6.45) is -5.11. The van der Waals surface area contributed by atoms with Gasteiger partial charge in [-0.1, -0.05) is 0 Å². The SMILES string of the molecule is COc1cc(F)c(-c2c(NC(=O)c3ccc(OC(F)F)cc3)c(=O)n(-c3nc(OCC(C)(C)O)ccc3C(F)(F)F)n2C)c(F)c1. The number of ether oxygens (including phenoxy) is 3. The van der Waals surface area contributed by atoms with E-state index >= 15 is 8.78 Å². The molecule has 2 aromatic carbocycles. The van der Waals surface area contributed by atoms with Crippen LogP contribution in [0.1, 0.15) is 29.8 Å². The Bertz CT molecular complexity index is 1790. The third-order valence-electron chi connectivity index (χ3n) is 6.26. The van der Waals surface area contributed by atoms with Gasteiger partial charge in [0.1, 0.15) is 46.7 Å². The maximum Gasteiger partial charge on any atom is 0.420 e. The molecule has 0 saturated carbocycles. The van der Waals surface area contributed by atoms with Gasteiger partial charge < -0.3 is 24.6 Å². The molecule has 0 spiro atoms. The van der Waals surface area contributed by atoms with E-state index in [0.29, 0.717) is 15.4 Å². The van der Waals surface area contributed by atoms with Crippen molar-refractivity contribution in [3.05, 3.63) is 81.6 Å². The number of nitrogens with zero attached hydrogens (tertiary/aromatic N) is 3. The van der Waals surface area contributed by atoms with Crippen molar-refractivity contribution in [1.29, 1.82) is 0 Å². The van der Waals surface area contributed by atoms with Crippen molar-refractivity contribution in [3.63, 3.8) is 0 Å². The van der Waals surface area contributed by atoms with Gasteiger partial charge in [-0.05, 0) is 44.2 Å². The molecule has 0 unspecified atom stereocenters. The Labute approximate surface area is 255 Å². The Morgan fingerprint density at radius 2 is 1.63 bits per heavy atom. The minimum Gasteiger partial charge on any atom is -0.497 e. The van der Waals surface area contributed by atoms with Crippen LogP contribution in [-0.2, 0) is 13.2 Å². The second kappa shape index (κ2) is 12.7. The van der Waals surface area contributed by atoms with Crippen LogP contribution in [0.2, 0.25) is 0 Å². The van der Waals surface area contributed by atoms with E-state index in [1.54, 1.807) is 0 Å². The highest BCUT2D eigenvalue weighted by atomic mass is 19.4. The number of aromatic nitrogens is 3. The Morgan fingerprint density at radius 1 is 1.02 bits per heavy atom. The van der Waals surface area contributed by atoms with Crippen molar-refractivity contribution in [2.24, 2.45) is 7.05 Å². The zero-order valence-corrected chi connectivity index (χ0v) is 24.4. The number of hydrogen-bond acceptors (Lipinski definition) is 7. The highest BCUT2D eigenvalue weighted by Crippen LogP contribution is 2.37. The fourth-order valence-electron chi connectivity index (χ4n) is 4.26. The molecule has 0 aliphatic carbocycles. The molecule has 246 valence electrons. The van der Waals surface area contributed by atoms with Gasteiger partial charge in [0.05, 0.1) is 18.3 Å². The van der Waals surface area contributed by atoms with Crippen LogP contribution >= 0.6 is 0 Å². The van der Waals surface area contributed by atoms with Gasteiger partial charge in [-0.25, -0.2) is 8.78 Å². The van der Waals surface area contributed by atoms with Crippen LogP contribution in [0.5, 0.6) is 17.4 Å². The first-order chi connectivity index (χ1) is 21.4. The number of carbonyl (C=O) groups excluding carboxylic acids is 1. The average Bonchev–Trinajstić information content (AvgIpc) is 3.18. The minimum atomic E-state index is -5.11. The number of aliphatic hydroxyl groups is 1. The first-order valence-corrected chi connectivity index (χ1v) is 13.1. The maximum atomic E-state index is 15.4. The number of pyridine rings is 1. The molecule has 4 aromatic rings. The summed E-state index contributed by atoms with van der Waals surface area (Å²) in [6, 6.07) is 6.98. The number of hydrogen-bond donors (Lipinski definition) is 2. The highest BCUT2D eigenvalue weighted by molar-refractivity contribution is 6.06. The number of amides is 1. The molecule has 1 amide bonds. The number of carbonyl (C=O) groups is 1. The van der Waals surface area contributed by atoms with Crippen molar-refractivity contribution < 1.29 is 54.8 Å². The summed E-state index contributed by atoms with van der Waals surface area (Å²) >= 11 is 0. The molecular formula is C29H25F7N4O6. The molecule has 0 bridgehead atoms. The van der Waals surface area contributed by atoms with Gasteiger partial charge in [-0.15, -0.1) is 0 Å². The van der Waals surface area contributed by atoms with Crippen LogP contribution in [0.15, 0.2) is 53.3 Å². The van der Waals surface area contributed by atoms with Gasteiger partial charge in [-0.3, -0.25) is 14.3 Å². The summed E-state index contributed by atoms with van der Waals surface area (Å²) in [4.78, 5) is 30.8. The zero-order chi connectivity index (χ0) is 34.1. The Morgan fingerprint density at radius 3 is 2.15 bits per heavy atom. The normalized spacial score (nSPS) is 11.9. The summed E-state index contributed by atoms with van der Waals surface area (Å²) < 4.78 is 114. The predicted octanol–water partition coefficient (Wildman–Crippen LogP) is 5.55. The van der Waals surface area contributed by atoms with Crippen molar-refractivity contribution in [1.82, 2.24) is 14.3 Å². The molecule has 2 N–H and O–H groups in total. The smallest absolute Gasteiger partial charge is 0.420 e. The number of benzene rings is 2. The molecule has 10 nitrogen and oxygen atoms in total. The van der Waals surface area contributed by atoms with E-state index in [1.165, 1.54) is 13.8 Å². The molecule has 17 heteroatoms. The summed E-state index contributed by atoms with van der Waals surface area (Å²) in [5.74, 6) is -5.82. The summed E-state index contributed by atoms with van der Waals surface area (Å²) in [5, 5.41) is 12.1. The second-order valence-corrected chi connectivity index (χ2v) is 10.3. The molecular weight excluding hydrogens is 633 g/mol. The predicted molar refractivity (Wildman–Crippen MR) is 149 cm³/mol. The van der Waals surface area contributed by atoms with Crippen LogP contribution in [-0.4, -0.2) is 51.3 Å². The lowest BCUT2D eigenvalue weighted by Gasteiger charge is -2.19. The van der Waals surface area contributed by atoms with E-state index in [-0.39, 0.29) is 17.1 Å².